The molecule has 0 aliphatic rings. The van der Waals surface area contributed by atoms with Gasteiger partial charge in [0.05, 0.1) is 28.8 Å². The molecule has 0 amide bonds. The minimum absolute atomic E-state index is 0.00586. The summed E-state index contributed by atoms with van der Waals surface area (Å²) >= 11 is 5.47. The summed E-state index contributed by atoms with van der Waals surface area (Å²) in [6, 6.07) is 3.55. The van der Waals surface area contributed by atoms with Gasteiger partial charge in [-0.15, -0.1) is 11.6 Å². The van der Waals surface area contributed by atoms with E-state index in [1.54, 1.807) is 6.92 Å². The molecule has 2 unspecified atom stereocenters. The fraction of sp³-hybridized carbons (Fsp3) is 0.462. The highest BCUT2D eigenvalue weighted by molar-refractivity contribution is 6.17. The van der Waals surface area contributed by atoms with Crippen molar-refractivity contribution >= 4 is 23.3 Å². The SMILES string of the molecule is CCOC(=O)c1ccc(C(O)C(O)CCCl)c([N+](=O)[O-])c1. The third-order valence-electron chi connectivity index (χ3n) is 2.83. The van der Waals surface area contributed by atoms with Gasteiger partial charge >= 0.3 is 5.97 Å². The van der Waals surface area contributed by atoms with Crippen molar-refractivity contribution in [2.24, 2.45) is 0 Å². The third-order valence-corrected chi connectivity index (χ3v) is 3.04. The molecule has 0 bridgehead atoms. The molecule has 2 atom stereocenters. The van der Waals surface area contributed by atoms with Crippen molar-refractivity contribution in [2.75, 3.05) is 12.5 Å². The van der Waals surface area contributed by atoms with E-state index in [0.717, 1.165) is 6.07 Å². The highest BCUT2D eigenvalue weighted by atomic mass is 35.5. The Bertz CT molecular complexity index is 521. The Morgan fingerprint density at radius 1 is 1.48 bits per heavy atom. The predicted octanol–water partition coefficient (Wildman–Crippen LogP) is 1.79. The standard InChI is InChI=1S/C13H16ClNO6/c1-2-21-13(18)8-3-4-9(10(7-8)15(19)20)12(17)11(16)5-6-14/h3-4,7,11-12,16-17H,2,5-6H2,1H3. The van der Waals surface area contributed by atoms with Crippen LogP contribution in [0.3, 0.4) is 0 Å². The van der Waals surface area contributed by atoms with E-state index < -0.39 is 28.8 Å². The normalized spacial score (nSPS) is 13.5. The summed E-state index contributed by atoms with van der Waals surface area (Å²) in [5, 5.41) is 30.7. The van der Waals surface area contributed by atoms with E-state index in [1.165, 1.54) is 12.1 Å². The van der Waals surface area contributed by atoms with Gasteiger partial charge in [0.15, 0.2) is 0 Å². The Balaban J connectivity index is 3.16. The number of aliphatic hydroxyl groups excluding tert-OH is 2. The molecule has 0 heterocycles. The van der Waals surface area contributed by atoms with Crippen LogP contribution in [0.4, 0.5) is 5.69 Å². The topological polar surface area (TPSA) is 110 Å². The van der Waals surface area contributed by atoms with Crippen LogP contribution in [0.5, 0.6) is 0 Å². The number of rotatable bonds is 7. The first-order valence-corrected chi connectivity index (χ1v) is 6.83. The summed E-state index contributed by atoms with van der Waals surface area (Å²) in [4.78, 5) is 21.9. The van der Waals surface area contributed by atoms with Gasteiger partial charge in [-0.1, -0.05) is 0 Å². The van der Waals surface area contributed by atoms with Crippen molar-refractivity contribution in [3.05, 3.63) is 39.4 Å². The van der Waals surface area contributed by atoms with E-state index in [2.05, 4.69) is 0 Å². The molecule has 1 rings (SSSR count). The first-order chi connectivity index (χ1) is 9.92. The summed E-state index contributed by atoms with van der Waals surface area (Å²) in [6.45, 7) is 1.76. The summed E-state index contributed by atoms with van der Waals surface area (Å²) in [7, 11) is 0. The Morgan fingerprint density at radius 2 is 2.14 bits per heavy atom. The Morgan fingerprint density at radius 3 is 2.67 bits per heavy atom. The molecule has 116 valence electrons. The Hall–Kier alpha value is -1.70. The number of carbonyl (C=O) groups is 1. The molecule has 0 aliphatic heterocycles. The van der Waals surface area contributed by atoms with Gasteiger partial charge in [-0.3, -0.25) is 10.1 Å². The van der Waals surface area contributed by atoms with Gasteiger partial charge in [-0.05, 0) is 25.5 Å². The maximum Gasteiger partial charge on any atom is 0.338 e. The fourth-order valence-electron chi connectivity index (χ4n) is 1.77. The molecule has 0 saturated carbocycles. The van der Waals surface area contributed by atoms with Gasteiger partial charge in [0.2, 0.25) is 0 Å². The van der Waals surface area contributed by atoms with E-state index in [9.17, 15) is 25.1 Å². The van der Waals surface area contributed by atoms with Crippen molar-refractivity contribution in [3.63, 3.8) is 0 Å². The smallest absolute Gasteiger partial charge is 0.338 e. The van der Waals surface area contributed by atoms with Crippen LogP contribution >= 0.6 is 11.6 Å². The number of hydrogen-bond acceptors (Lipinski definition) is 6. The second-order valence-corrected chi connectivity index (χ2v) is 4.62. The molecule has 0 fully saturated rings. The van der Waals surface area contributed by atoms with Gasteiger partial charge < -0.3 is 14.9 Å². The number of carbonyl (C=O) groups excluding carboxylic acids is 1. The number of aliphatic hydroxyl groups is 2. The van der Waals surface area contributed by atoms with Gasteiger partial charge in [0, 0.05) is 11.9 Å². The average Bonchev–Trinajstić information content (AvgIpc) is 2.46. The number of halogens is 1. The Kier molecular flexibility index (Phi) is 6.54. The summed E-state index contributed by atoms with van der Waals surface area (Å²) in [6.07, 6.45) is -2.60. The molecular formula is C13H16ClNO6. The minimum Gasteiger partial charge on any atom is -0.462 e. The monoisotopic (exact) mass is 317 g/mol. The lowest BCUT2D eigenvalue weighted by molar-refractivity contribution is -0.386. The number of alkyl halides is 1. The van der Waals surface area contributed by atoms with Crippen LogP contribution in [0.25, 0.3) is 0 Å². The molecule has 7 nitrogen and oxygen atoms in total. The van der Waals surface area contributed by atoms with Crippen LogP contribution in [-0.2, 0) is 4.74 Å². The largest absolute Gasteiger partial charge is 0.462 e. The number of benzene rings is 1. The van der Waals surface area contributed by atoms with Crippen LogP contribution in [-0.4, -0.2) is 39.7 Å². The molecular weight excluding hydrogens is 302 g/mol. The first kappa shape index (κ1) is 17.4. The summed E-state index contributed by atoms with van der Waals surface area (Å²) < 4.78 is 4.76. The maximum atomic E-state index is 11.6. The number of nitro benzene ring substituents is 1. The second kappa shape index (κ2) is 7.92. The number of ether oxygens (including phenoxy) is 1. The summed E-state index contributed by atoms with van der Waals surface area (Å²) in [5.74, 6) is -0.588. The van der Waals surface area contributed by atoms with Gasteiger partial charge in [0.25, 0.3) is 5.69 Å². The zero-order chi connectivity index (χ0) is 16.0. The molecule has 2 N–H and O–H groups in total. The molecule has 0 aliphatic carbocycles. The summed E-state index contributed by atoms with van der Waals surface area (Å²) in [5.41, 5.74) is -0.529. The maximum absolute atomic E-state index is 11.6. The third kappa shape index (κ3) is 4.38. The van der Waals surface area contributed by atoms with Crippen molar-refractivity contribution < 1.29 is 24.7 Å². The average molecular weight is 318 g/mol. The lowest BCUT2D eigenvalue weighted by Gasteiger charge is -2.17. The van der Waals surface area contributed by atoms with Gasteiger partial charge in [-0.2, -0.15) is 0 Å². The zero-order valence-corrected chi connectivity index (χ0v) is 12.1. The Labute approximate surface area is 126 Å². The van der Waals surface area contributed by atoms with E-state index in [0.29, 0.717) is 0 Å². The van der Waals surface area contributed by atoms with Gasteiger partial charge in [-0.25, -0.2) is 4.79 Å². The predicted molar refractivity (Wildman–Crippen MR) is 75.4 cm³/mol. The molecule has 0 radical (unpaired) electrons. The van der Waals surface area contributed by atoms with Crippen LogP contribution in [0, 0.1) is 10.1 Å². The fourth-order valence-corrected chi connectivity index (χ4v) is 1.99. The van der Waals surface area contributed by atoms with Gasteiger partial charge in [0.1, 0.15) is 6.10 Å². The molecule has 21 heavy (non-hydrogen) atoms. The molecule has 1 aromatic rings. The van der Waals surface area contributed by atoms with E-state index in [1.807, 2.05) is 0 Å². The number of hydrogen-bond donors (Lipinski definition) is 2. The van der Waals surface area contributed by atoms with E-state index >= 15 is 0 Å². The van der Waals surface area contributed by atoms with Crippen molar-refractivity contribution in [3.8, 4) is 0 Å². The minimum atomic E-state index is -1.46. The van der Waals surface area contributed by atoms with Crippen molar-refractivity contribution in [1.29, 1.82) is 0 Å². The molecule has 0 spiro atoms. The first-order valence-electron chi connectivity index (χ1n) is 6.29. The lowest BCUT2D eigenvalue weighted by Crippen LogP contribution is -2.20. The molecule has 8 heteroatoms. The highest BCUT2D eigenvalue weighted by Gasteiger charge is 2.27. The molecule has 1 aromatic carbocycles. The van der Waals surface area contributed by atoms with Crippen LogP contribution in [0.1, 0.15) is 35.4 Å². The van der Waals surface area contributed by atoms with Crippen LogP contribution in [0.15, 0.2) is 18.2 Å². The van der Waals surface area contributed by atoms with Crippen LogP contribution in [0.2, 0.25) is 0 Å². The molecule has 0 aromatic heterocycles. The quantitative estimate of drug-likeness (QED) is 0.343. The number of nitro groups is 1. The lowest BCUT2D eigenvalue weighted by atomic mass is 9.99. The molecule has 0 saturated heterocycles. The van der Waals surface area contributed by atoms with Crippen molar-refractivity contribution in [2.45, 2.75) is 25.6 Å². The van der Waals surface area contributed by atoms with Crippen molar-refractivity contribution in [1.82, 2.24) is 0 Å². The number of nitrogens with zero attached hydrogens (tertiary/aromatic N) is 1. The van der Waals surface area contributed by atoms with Crippen LogP contribution < -0.4 is 0 Å². The zero-order valence-electron chi connectivity index (χ0n) is 11.4. The van der Waals surface area contributed by atoms with E-state index in [-0.39, 0.29) is 30.0 Å². The number of esters is 1. The van der Waals surface area contributed by atoms with E-state index in [4.69, 9.17) is 16.3 Å². The second-order valence-electron chi connectivity index (χ2n) is 4.24. The highest BCUT2D eigenvalue weighted by Crippen LogP contribution is 2.29.